The zero-order valence-corrected chi connectivity index (χ0v) is 8.53. The normalized spacial score (nSPS) is 12.9. The number of halogens is 2. The first-order valence-electron chi connectivity index (χ1n) is 4.25. The quantitative estimate of drug-likeness (QED) is 0.793. The molecular weight excluding hydrogens is 189 g/mol. The van der Waals surface area contributed by atoms with Crippen molar-refractivity contribution in [1.29, 1.82) is 0 Å². The molecule has 0 saturated heterocycles. The van der Waals surface area contributed by atoms with Gasteiger partial charge in [-0.25, -0.2) is 4.39 Å². The highest BCUT2D eigenvalue weighted by molar-refractivity contribution is 6.31. The summed E-state index contributed by atoms with van der Waals surface area (Å²) in [4.78, 5) is 0. The highest BCUT2D eigenvalue weighted by Crippen LogP contribution is 2.20. The van der Waals surface area contributed by atoms with Gasteiger partial charge in [0.15, 0.2) is 0 Å². The van der Waals surface area contributed by atoms with E-state index in [0.717, 1.165) is 12.0 Å². The highest BCUT2D eigenvalue weighted by atomic mass is 35.5. The van der Waals surface area contributed by atoms with Gasteiger partial charge in [-0.3, -0.25) is 0 Å². The van der Waals surface area contributed by atoms with Crippen LogP contribution in [0.1, 0.15) is 12.5 Å². The molecule has 1 aromatic rings. The Bertz CT molecular complexity index is 288. The second-order valence-corrected chi connectivity index (χ2v) is 3.48. The molecule has 0 heterocycles. The summed E-state index contributed by atoms with van der Waals surface area (Å²) in [7, 11) is 1.87. The SMILES string of the molecule is CNC(C)Cc1cccc(F)c1Cl. The second-order valence-electron chi connectivity index (χ2n) is 3.11. The van der Waals surface area contributed by atoms with Gasteiger partial charge in [0.25, 0.3) is 0 Å². The highest BCUT2D eigenvalue weighted by Gasteiger charge is 2.07. The van der Waals surface area contributed by atoms with Crippen molar-refractivity contribution in [3.05, 3.63) is 34.6 Å². The summed E-state index contributed by atoms with van der Waals surface area (Å²) in [6, 6.07) is 5.20. The minimum Gasteiger partial charge on any atom is -0.317 e. The Balaban J connectivity index is 2.83. The van der Waals surface area contributed by atoms with Gasteiger partial charge in [-0.15, -0.1) is 0 Å². The Morgan fingerprint density at radius 1 is 1.54 bits per heavy atom. The maximum atomic E-state index is 13.0. The average Bonchev–Trinajstić information content (AvgIpc) is 2.13. The summed E-state index contributed by atoms with van der Waals surface area (Å²) in [5.74, 6) is -0.345. The lowest BCUT2D eigenvalue weighted by molar-refractivity contribution is 0.597. The zero-order chi connectivity index (χ0) is 9.84. The van der Waals surface area contributed by atoms with Gasteiger partial charge in [0, 0.05) is 6.04 Å². The zero-order valence-electron chi connectivity index (χ0n) is 7.77. The van der Waals surface area contributed by atoms with Gasteiger partial charge in [0.1, 0.15) is 5.82 Å². The molecule has 0 fully saturated rings. The molecular formula is C10H13ClFN. The molecule has 1 N–H and O–H groups in total. The number of benzene rings is 1. The Hall–Kier alpha value is -0.600. The molecule has 0 aliphatic heterocycles. The van der Waals surface area contributed by atoms with E-state index in [1.54, 1.807) is 6.07 Å². The summed E-state index contributed by atoms with van der Waals surface area (Å²) in [6.07, 6.45) is 0.743. The molecule has 1 rings (SSSR count). The third-order valence-corrected chi connectivity index (χ3v) is 2.47. The molecule has 13 heavy (non-hydrogen) atoms. The largest absolute Gasteiger partial charge is 0.317 e. The van der Waals surface area contributed by atoms with E-state index in [9.17, 15) is 4.39 Å². The van der Waals surface area contributed by atoms with Crippen LogP contribution in [0.25, 0.3) is 0 Å². The number of likely N-dealkylation sites (N-methyl/N-ethyl adjacent to an activating group) is 1. The minimum absolute atomic E-state index is 0.240. The molecule has 0 bridgehead atoms. The Morgan fingerprint density at radius 3 is 2.85 bits per heavy atom. The lowest BCUT2D eigenvalue weighted by Crippen LogP contribution is -2.23. The Morgan fingerprint density at radius 2 is 2.23 bits per heavy atom. The fraction of sp³-hybridized carbons (Fsp3) is 0.400. The topological polar surface area (TPSA) is 12.0 Å². The first-order chi connectivity index (χ1) is 6.15. The van der Waals surface area contributed by atoms with Crippen molar-refractivity contribution in [3.63, 3.8) is 0 Å². The summed E-state index contributed by atoms with van der Waals surface area (Å²) in [5, 5.41) is 3.32. The summed E-state index contributed by atoms with van der Waals surface area (Å²) in [5.41, 5.74) is 0.850. The van der Waals surface area contributed by atoms with Crippen molar-refractivity contribution in [1.82, 2.24) is 5.32 Å². The number of hydrogen-bond donors (Lipinski definition) is 1. The molecule has 0 spiro atoms. The van der Waals surface area contributed by atoms with Crippen LogP contribution in [0.2, 0.25) is 5.02 Å². The maximum Gasteiger partial charge on any atom is 0.142 e. The molecule has 0 radical (unpaired) electrons. The van der Waals surface area contributed by atoms with Gasteiger partial charge in [-0.2, -0.15) is 0 Å². The van der Waals surface area contributed by atoms with Crippen molar-refractivity contribution < 1.29 is 4.39 Å². The first kappa shape index (κ1) is 10.5. The third-order valence-electron chi connectivity index (χ3n) is 2.05. The van der Waals surface area contributed by atoms with Gasteiger partial charge in [0.05, 0.1) is 5.02 Å². The molecule has 1 atom stereocenters. The fourth-order valence-electron chi connectivity index (χ4n) is 1.14. The van der Waals surface area contributed by atoms with E-state index in [0.29, 0.717) is 6.04 Å². The summed E-state index contributed by atoms with van der Waals surface area (Å²) >= 11 is 5.79. The van der Waals surface area contributed by atoms with Gasteiger partial charge in [-0.1, -0.05) is 23.7 Å². The van der Waals surface area contributed by atoms with E-state index in [1.165, 1.54) is 6.07 Å². The number of hydrogen-bond acceptors (Lipinski definition) is 1. The van der Waals surface area contributed by atoms with E-state index >= 15 is 0 Å². The van der Waals surface area contributed by atoms with Gasteiger partial charge >= 0.3 is 0 Å². The predicted molar refractivity (Wildman–Crippen MR) is 53.6 cm³/mol. The van der Waals surface area contributed by atoms with E-state index in [-0.39, 0.29) is 10.8 Å². The molecule has 0 aliphatic carbocycles. The van der Waals surface area contributed by atoms with Crippen LogP contribution < -0.4 is 5.32 Å². The van der Waals surface area contributed by atoms with Crippen molar-refractivity contribution in [2.24, 2.45) is 0 Å². The van der Waals surface area contributed by atoms with E-state index in [1.807, 2.05) is 20.0 Å². The van der Waals surface area contributed by atoms with Crippen LogP contribution in [-0.2, 0) is 6.42 Å². The van der Waals surface area contributed by atoms with Crippen molar-refractivity contribution >= 4 is 11.6 Å². The molecule has 1 unspecified atom stereocenters. The fourth-order valence-corrected chi connectivity index (χ4v) is 1.34. The summed E-state index contributed by atoms with van der Waals surface area (Å²) in [6.45, 7) is 2.03. The van der Waals surface area contributed by atoms with Crippen LogP contribution in [0.5, 0.6) is 0 Å². The standard InChI is InChI=1S/C10H13ClFN/c1-7(13-2)6-8-4-3-5-9(12)10(8)11/h3-5,7,13H,6H2,1-2H3. The molecule has 0 aromatic heterocycles. The van der Waals surface area contributed by atoms with E-state index in [4.69, 9.17) is 11.6 Å². The van der Waals surface area contributed by atoms with Gasteiger partial charge in [0.2, 0.25) is 0 Å². The molecule has 1 aromatic carbocycles. The van der Waals surface area contributed by atoms with Crippen molar-refractivity contribution in [2.75, 3.05) is 7.05 Å². The molecule has 3 heteroatoms. The third kappa shape index (κ3) is 2.68. The first-order valence-corrected chi connectivity index (χ1v) is 4.63. The molecule has 1 nitrogen and oxygen atoms in total. The monoisotopic (exact) mass is 201 g/mol. The molecule has 72 valence electrons. The lowest BCUT2D eigenvalue weighted by Gasteiger charge is -2.11. The van der Waals surface area contributed by atoms with Crippen molar-refractivity contribution in [3.8, 4) is 0 Å². The van der Waals surface area contributed by atoms with Crippen LogP contribution in [0.3, 0.4) is 0 Å². The average molecular weight is 202 g/mol. The second kappa shape index (κ2) is 4.58. The van der Waals surface area contributed by atoms with Crippen LogP contribution in [-0.4, -0.2) is 13.1 Å². The maximum absolute atomic E-state index is 13.0. The number of nitrogens with one attached hydrogen (secondary N) is 1. The van der Waals surface area contributed by atoms with Crippen molar-refractivity contribution in [2.45, 2.75) is 19.4 Å². The molecule has 0 amide bonds. The van der Waals surface area contributed by atoms with Crippen LogP contribution in [0, 0.1) is 5.82 Å². The molecule has 0 saturated carbocycles. The van der Waals surface area contributed by atoms with Crippen LogP contribution in [0.4, 0.5) is 4.39 Å². The van der Waals surface area contributed by atoms with Gasteiger partial charge < -0.3 is 5.32 Å². The minimum atomic E-state index is -0.345. The number of rotatable bonds is 3. The van der Waals surface area contributed by atoms with Crippen LogP contribution >= 0.6 is 11.6 Å². The Kier molecular flexibility index (Phi) is 3.70. The predicted octanol–water partition coefficient (Wildman–Crippen LogP) is 2.63. The summed E-state index contributed by atoms with van der Waals surface area (Å²) < 4.78 is 13.0. The van der Waals surface area contributed by atoms with E-state index < -0.39 is 0 Å². The van der Waals surface area contributed by atoms with Gasteiger partial charge in [-0.05, 0) is 32.0 Å². The Labute approximate surface area is 82.9 Å². The molecule has 0 aliphatic rings. The van der Waals surface area contributed by atoms with E-state index in [2.05, 4.69) is 5.32 Å². The lowest BCUT2D eigenvalue weighted by atomic mass is 10.1. The van der Waals surface area contributed by atoms with Crippen LogP contribution in [0.15, 0.2) is 18.2 Å². The smallest absolute Gasteiger partial charge is 0.142 e.